The average Bonchev–Trinajstić information content (AvgIpc) is 4.10. The van der Waals surface area contributed by atoms with Gasteiger partial charge in [0, 0.05) is 32.4 Å². The lowest BCUT2D eigenvalue weighted by atomic mass is 10.1. The molecule has 1 N–H and O–H groups in total. The average molecular weight is 1060 g/mol. The van der Waals surface area contributed by atoms with Gasteiger partial charge in [0.25, 0.3) is 20.0 Å². The number of esters is 2. The van der Waals surface area contributed by atoms with Gasteiger partial charge in [0.1, 0.15) is 27.3 Å². The quantitative estimate of drug-likeness (QED) is 0.0621. The molecule has 372 valence electrons. The molecular weight excluding hydrogens is 997 g/mol. The van der Waals surface area contributed by atoms with Gasteiger partial charge in [0.2, 0.25) is 0 Å². The number of nitrogens with zero attached hydrogens (tertiary/aromatic N) is 5. The summed E-state index contributed by atoms with van der Waals surface area (Å²) in [6.07, 6.45) is 2.88. The Morgan fingerprint density at radius 2 is 0.899 bits per heavy atom. The molecule has 0 aliphatic heterocycles. The Morgan fingerprint density at radius 3 is 1.17 bits per heavy atom. The summed E-state index contributed by atoms with van der Waals surface area (Å²) >= 11 is 3.13. The molecule has 6 rings (SSSR count). The molecule has 0 atom stereocenters. The summed E-state index contributed by atoms with van der Waals surface area (Å²) in [4.78, 5) is 22.7. The summed E-state index contributed by atoms with van der Waals surface area (Å²) in [5.74, 6) is 2.01. The molecule has 0 amide bonds. The molecule has 4 aromatic carbocycles. The number of hydrogen-bond donors (Lipinski definition) is 1. The Morgan fingerprint density at radius 1 is 0.551 bits per heavy atom. The summed E-state index contributed by atoms with van der Waals surface area (Å²) in [6, 6.07) is 31.8. The van der Waals surface area contributed by atoms with E-state index >= 15 is 0 Å². The van der Waals surface area contributed by atoms with Crippen molar-refractivity contribution in [1.29, 1.82) is 0 Å². The molecule has 0 unspecified atom stereocenters. The number of hydrogen-bond acceptors (Lipinski definition) is 14. The second kappa shape index (κ2) is 24.9. The first-order chi connectivity index (χ1) is 32.6. The minimum absolute atomic E-state index is 0.0597. The van der Waals surface area contributed by atoms with E-state index in [1.807, 2.05) is 72.8 Å². The van der Waals surface area contributed by atoms with Crippen LogP contribution in [0, 0.1) is 0 Å². The van der Waals surface area contributed by atoms with Gasteiger partial charge in [-0.25, -0.2) is 21.6 Å². The number of benzene rings is 4. The highest BCUT2D eigenvalue weighted by molar-refractivity contribution is 9.10. The molecule has 0 bridgehead atoms. The normalized spacial score (nSPS) is 11.7. The number of carbonyl (C=O) groups excluding carboxylic acids is 2. The Hall–Kier alpha value is -6.26. The van der Waals surface area contributed by atoms with Crippen LogP contribution >= 0.6 is 15.9 Å². The lowest BCUT2D eigenvalue weighted by Gasteiger charge is -2.23. The molecule has 18 nitrogen and oxygen atoms in total. The van der Waals surface area contributed by atoms with Crippen molar-refractivity contribution in [1.82, 2.24) is 28.6 Å². The highest BCUT2D eigenvalue weighted by Crippen LogP contribution is 2.26. The fourth-order valence-corrected chi connectivity index (χ4v) is 9.00. The zero-order valence-electron chi connectivity index (χ0n) is 40.2. The molecule has 2 heterocycles. The van der Waals surface area contributed by atoms with Crippen molar-refractivity contribution in [2.75, 3.05) is 42.7 Å². The van der Waals surface area contributed by atoms with Crippen LogP contribution in [-0.2, 0) is 70.8 Å². The van der Waals surface area contributed by atoms with Crippen molar-refractivity contribution in [2.45, 2.75) is 73.8 Å². The van der Waals surface area contributed by atoms with E-state index in [1.165, 1.54) is 52.0 Å². The summed E-state index contributed by atoms with van der Waals surface area (Å²) in [5, 5.41) is 10.4. The monoisotopic (exact) mass is 1050 g/mol. The summed E-state index contributed by atoms with van der Waals surface area (Å²) in [5.41, 5.74) is 2.11. The molecule has 21 heteroatoms. The molecule has 69 heavy (non-hydrogen) atoms. The van der Waals surface area contributed by atoms with Crippen molar-refractivity contribution in [3.05, 3.63) is 144 Å². The zero-order chi connectivity index (χ0) is 51.0. The fraction of sp³-hybridized carbons (Fsp3) is 0.333. The number of rotatable bonds is 19. The van der Waals surface area contributed by atoms with Crippen LogP contribution < -0.4 is 18.9 Å². The van der Waals surface area contributed by atoms with Crippen LogP contribution in [0.1, 0.15) is 49.9 Å². The number of aromatic nitrogens is 4. The van der Waals surface area contributed by atoms with E-state index in [0.29, 0.717) is 11.5 Å². The van der Waals surface area contributed by atoms with Crippen molar-refractivity contribution in [2.24, 2.45) is 0 Å². The zero-order valence-corrected chi connectivity index (χ0v) is 43.4. The lowest BCUT2D eigenvalue weighted by Crippen LogP contribution is -2.37. The van der Waals surface area contributed by atoms with E-state index < -0.39 is 35.9 Å². The minimum Gasteiger partial charge on any atom is -0.497 e. The van der Waals surface area contributed by atoms with Crippen molar-refractivity contribution < 1.29 is 54.8 Å². The van der Waals surface area contributed by atoms with Gasteiger partial charge in [-0.15, -0.1) is 0 Å². The van der Waals surface area contributed by atoms with Gasteiger partial charge in [-0.1, -0.05) is 64.5 Å². The maximum absolute atomic E-state index is 13.7. The first-order valence-electron chi connectivity index (χ1n) is 21.1. The van der Waals surface area contributed by atoms with Gasteiger partial charge in [0.05, 0.1) is 48.9 Å². The number of ether oxygens (including phenoxy) is 6. The number of aromatic amines is 1. The predicted molar refractivity (Wildman–Crippen MR) is 262 cm³/mol. The van der Waals surface area contributed by atoms with Crippen molar-refractivity contribution >= 4 is 47.9 Å². The van der Waals surface area contributed by atoms with Crippen molar-refractivity contribution in [3.8, 4) is 23.0 Å². The van der Waals surface area contributed by atoms with Crippen LogP contribution in [-0.4, -0.2) is 104 Å². The van der Waals surface area contributed by atoms with Crippen LogP contribution in [0.5, 0.6) is 23.0 Å². The van der Waals surface area contributed by atoms with Gasteiger partial charge in [-0.05, 0) is 111 Å². The van der Waals surface area contributed by atoms with Gasteiger partial charge in [0.15, 0.2) is 15.6 Å². The van der Waals surface area contributed by atoms with Gasteiger partial charge >= 0.3 is 11.9 Å². The summed E-state index contributed by atoms with van der Waals surface area (Å²) < 4.78 is 86.9. The van der Waals surface area contributed by atoms with Crippen LogP contribution in [0.25, 0.3) is 0 Å². The fourth-order valence-electron chi connectivity index (χ4n) is 6.19. The van der Waals surface area contributed by atoms with E-state index in [0.717, 1.165) is 33.8 Å². The van der Waals surface area contributed by atoms with E-state index in [9.17, 15) is 26.4 Å². The molecule has 0 spiro atoms. The third kappa shape index (κ3) is 15.4. The minimum atomic E-state index is -4.01. The summed E-state index contributed by atoms with van der Waals surface area (Å²) in [6.45, 7) is 7.35. The first-order valence-corrected chi connectivity index (χ1v) is 24.7. The van der Waals surface area contributed by atoms with E-state index in [4.69, 9.17) is 23.7 Å². The molecule has 0 saturated heterocycles. The number of carbonyl (C=O) groups is 2. The van der Waals surface area contributed by atoms with E-state index in [-0.39, 0.29) is 42.2 Å². The number of sulfonamides is 2. The largest absolute Gasteiger partial charge is 0.497 e. The molecule has 0 aliphatic carbocycles. The summed E-state index contributed by atoms with van der Waals surface area (Å²) in [7, 11) is 1.22. The Labute approximate surface area is 412 Å². The first kappa shape index (κ1) is 55.3. The van der Waals surface area contributed by atoms with Gasteiger partial charge < -0.3 is 28.4 Å². The molecule has 0 saturated carbocycles. The maximum atomic E-state index is 13.7. The number of methoxy groups -OCH3 is 6. The molecule has 2 aromatic heterocycles. The molecule has 0 aliphatic rings. The predicted octanol–water partition coefficient (Wildman–Crippen LogP) is 7.35. The molecule has 6 aromatic rings. The molecule has 0 fully saturated rings. The number of halogens is 1. The number of H-pyrrole nitrogens is 1. The molecular formula is C48H59BrN6O12S2. The Bertz CT molecular complexity index is 2660. The van der Waals surface area contributed by atoms with E-state index in [2.05, 4.69) is 36.0 Å². The second-order valence-electron chi connectivity index (χ2n) is 16.0. The Kier molecular flexibility index (Phi) is 19.9. The van der Waals surface area contributed by atoms with Crippen LogP contribution in [0.15, 0.2) is 132 Å². The highest BCUT2D eigenvalue weighted by Gasteiger charge is 2.35. The smallest absolute Gasteiger partial charge is 0.333 e. The van der Waals surface area contributed by atoms with Gasteiger partial charge in [-0.3, -0.25) is 14.6 Å². The van der Waals surface area contributed by atoms with Crippen LogP contribution in [0.2, 0.25) is 0 Å². The topological polar surface area (TPSA) is 211 Å². The SMILES string of the molecule is COC(=O)C(C)(C)Br.COC(=O)C(C)(C)n1ccc(S(=O)(=O)N(Cc2ccc(OC)cc2)Cc2ccc(OC)cc2)n1.COc1ccc(CN(Cc2ccc(OC)cc2)S(=O)(=O)c2ccn[nH]2)cc1. The maximum Gasteiger partial charge on any atom is 0.333 e. The number of nitrogens with one attached hydrogen (secondary N) is 1. The Balaban J connectivity index is 0.000000264. The van der Waals surface area contributed by atoms with Crippen molar-refractivity contribution in [3.63, 3.8) is 0 Å². The lowest BCUT2D eigenvalue weighted by molar-refractivity contribution is -0.150. The van der Waals surface area contributed by atoms with Crippen LogP contribution in [0.4, 0.5) is 0 Å². The second-order valence-corrected chi connectivity index (χ2v) is 21.7. The van der Waals surface area contributed by atoms with Crippen LogP contribution in [0.3, 0.4) is 0 Å². The third-order valence-electron chi connectivity index (χ3n) is 10.3. The standard InChI is InChI=1S/C24H29N3O6S.C19H21N3O4S.C5H9BrO2/c1-24(2,23(28)33-5)27-15-14-22(25-27)34(29,30)26(16-18-6-10-20(31-3)11-7-18)17-19-8-12-21(32-4)13-9-19;1-25-17-7-3-15(4-8-17)13-22(27(23,24)19-11-12-20-21-19)14-16-5-9-18(26-2)10-6-16;1-5(2,6)4(7)8-3/h6-15H,16-17H2,1-5H3;3-12H,13-14H2,1-2H3,(H,20,21);1-3H3. The molecule has 0 radical (unpaired) electrons. The van der Waals surface area contributed by atoms with Gasteiger partial charge in [-0.2, -0.15) is 18.8 Å². The highest BCUT2D eigenvalue weighted by atomic mass is 79.9. The third-order valence-corrected chi connectivity index (χ3v) is 14.0. The number of alkyl halides is 1. The van der Waals surface area contributed by atoms with E-state index in [1.54, 1.807) is 80.4 Å².